The van der Waals surface area contributed by atoms with Gasteiger partial charge in [-0.2, -0.15) is 5.26 Å². The number of carbonyl (C=O) groups excluding carboxylic acids is 1. The highest BCUT2D eigenvalue weighted by Gasteiger charge is 2.28. The van der Waals surface area contributed by atoms with Crippen LogP contribution in [0.3, 0.4) is 0 Å². The highest BCUT2D eigenvalue weighted by molar-refractivity contribution is 7.84. The molecular weight excluding hydrogens is 398 g/mol. The van der Waals surface area contributed by atoms with Crippen LogP contribution in [0.5, 0.6) is 0 Å². The van der Waals surface area contributed by atoms with Crippen LogP contribution in [0.25, 0.3) is 0 Å². The molecular formula is C22H31N5O2S. The largest absolute Gasteiger partial charge is 0.444 e. The molecule has 0 aromatic heterocycles. The maximum absolute atomic E-state index is 12.2. The number of allylic oxidation sites excluding steroid dienone is 1. The minimum Gasteiger partial charge on any atom is -0.444 e. The zero-order valence-electron chi connectivity index (χ0n) is 18.0. The van der Waals surface area contributed by atoms with Gasteiger partial charge >= 0.3 is 6.09 Å². The number of nitriles is 1. The van der Waals surface area contributed by atoms with E-state index in [1.807, 2.05) is 32.9 Å². The molecule has 0 unspecified atom stereocenters. The molecule has 8 heteroatoms. The van der Waals surface area contributed by atoms with Gasteiger partial charge in [-0.15, -0.1) is 12.6 Å². The number of hydrogen-bond donors (Lipinski definition) is 5. The Bertz CT molecular complexity index is 854. The van der Waals surface area contributed by atoms with Crippen LogP contribution in [0.4, 0.5) is 16.2 Å². The standard InChI is InChI=1S/C22H31N5O2S/c1-14(24)11-20(30)26-19-12-16(10-9-15(19)13-23)25-17-7-5-6-8-18(17)27-21(28)29-22(2,3)4/h9-12,17-18,24-26,30H,5-8H2,1-4H3,(H,27,28)/b20-11-,24-14?/t17-,18+/m1/s1. The van der Waals surface area contributed by atoms with Crippen molar-refractivity contribution >= 4 is 35.8 Å². The number of anilines is 2. The monoisotopic (exact) mass is 429 g/mol. The third kappa shape index (κ3) is 7.64. The molecule has 4 N–H and O–H groups in total. The Morgan fingerprint density at radius 2 is 1.97 bits per heavy atom. The van der Waals surface area contributed by atoms with Gasteiger partial charge in [0, 0.05) is 17.4 Å². The quantitative estimate of drug-likeness (QED) is 0.322. The molecule has 2 rings (SSSR count). The van der Waals surface area contributed by atoms with Gasteiger partial charge < -0.3 is 26.1 Å². The first kappa shape index (κ1) is 23.6. The lowest BCUT2D eigenvalue weighted by Gasteiger charge is -2.34. The van der Waals surface area contributed by atoms with Gasteiger partial charge in [0.2, 0.25) is 0 Å². The summed E-state index contributed by atoms with van der Waals surface area (Å²) in [5, 5.41) is 27.0. The minimum absolute atomic E-state index is 0.0402. The smallest absolute Gasteiger partial charge is 0.407 e. The molecule has 1 amide bonds. The number of thiol groups is 1. The Kier molecular flexibility index (Phi) is 8.18. The fourth-order valence-electron chi connectivity index (χ4n) is 3.36. The molecule has 1 aromatic rings. The Labute approximate surface area is 184 Å². The second-order valence-electron chi connectivity index (χ2n) is 8.50. The molecule has 1 aliphatic carbocycles. The average molecular weight is 430 g/mol. The predicted molar refractivity (Wildman–Crippen MR) is 124 cm³/mol. The molecule has 2 atom stereocenters. The van der Waals surface area contributed by atoms with Gasteiger partial charge in [-0.3, -0.25) is 0 Å². The van der Waals surface area contributed by atoms with Crippen molar-refractivity contribution in [3.05, 3.63) is 34.9 Å². The lowest BCUT2D eigenvalue weighted by atomic mass is 9.90. The molecule has 30 heavy (non-hydrogen) atoms. The van der Waals surface area contributed by atoms with Gasteiger partial charge in [0.05, 0.1) is 22.3 Å². The van der Waals surface area contributed by atoms with Gasteiger partial charge in [0.15, 0.2) is 0 Å². The predicted octanol–water partition coefficient (Wildman–Crippen LogP) is 5.03. The van der Waals surface area contributed by atoms with Crippen molar-refractivity contribution in [3.8, 4) is 6.07 Å². The third-order valence-electron chi connectivity index (χ3n) is 4.58. The zero-order chi connectivity index (χ0) is 22.3. The first-order valence-corrected chi connectivity index (χ1v) is 10.5. The van der Waals surface area contributed by atoms with Crippen LogP contribution in [0.2, 0.25) is 0 Å². The van der Waals surface area contributed by atoms with Crippen molar-refractivity contribution in [2.75, 3.05) is 10.6 Å². The normalized spacial score (nSPS) is 19.4. The fraction of sp³-hybridized carbons (Fsp3) is 0.500. The SMILES string of the molecule is CC(=N)/C=C(\S)Nc1cc(N[C@@H]2CCCC[C@@H]2NC(=O)OC(C)(C)C)ccc1C#N. The number of nitrogens with zero attached hydrogens (tertiary/aromatic N) is 1. The van der Waals surface area contributed by atoms with Crippen molar-refractivity contribution in [2.45, 2.75) is 71.1 Å². The van der Waals surface area contributed by atoms with Gasteiger partial charge in [-0.1, -0.05) is 12.8 Å². The third-order valence-corrected chi connectivity index (χ3v) is 4.82. The highest BCUT2D eigenvalue weighted by atomic mass is 32.1. The van der Waals surface area contributed by atoms with Gasteiger partial charge in [0.1, 0.15) is 11.7 Å². The van der Waals surface area contributed by atoms with Crippen molar-refractivity contribution in [1.82, 2.24) is 5.32 Å². The zero-order valence-corrected chi connectivity index (χ0v) is 18.9. The summed E-state index contributed by atoms with van der Waals surface area (Å²) in [6, 6.07) is 7.62. The van der Waals surface area contributed by atoms with E-state index in [0.29, 0.717) is 22.0 Å². The molecule has 0 aliphatic heterocycles. The maximum Gasteiger partial charge on any atom is 0.407 e. The van der Waals surface area contributed by atoms with Crippen molar-refractivity contribution in [3.63, 3.8) is 0 Å². The van der Waals surface area contributed by atoms with Crippen LogP contribution in [0.1, 0.15) is 58.9 Å². The summed E-state index contributed by atoms with van der Waals surface area (Å²) in [7, 11) is 0. The molecule has 7 nitrogen and oxygen atoms in total. The first-order chi connectivity index (χ1) is 14.1. The maximum atomic E-state index is 12.2. The first-order valence-electron chi connectivity index (χ1n) is 10.1. The average Bonchev–Trinajstić information content (AvgIpc) is 2.61. The van der Waals surface area contributed by atoms with Crippen LogP contribution >= 0.6 is 12.6 Å². The van der Waals surface area contributed by atoms with E-state index in [4.69, 9.17) is 10.1 Å². The Morgan fingerprint density at radius 3 is 2.57 bits per heavy atom. The van der Waals surface area contributed by atoms with E-state index in [1.54, 1.807) is 19.1 Å². The lowest BCUT2D eigenvalue weighted by Crippen LogP contribution is -2.49. The number of benzene rings is 1. The summed E-state index contributed by atoms with van der Waals surface area (Å²) in [6.45, 7) is 7.19. The molecule has 0 heterocycles. The summed E-state index contributed by atoms with van der Waals surface area (Å²) in [5.74, 6) is 0. The van der Waals surface area contributed by atoms with Crippen LogP contribution in [-0.2, 0) is 4.74 Å². The van der Waals surface area contributed by atoms with Crippen molar-refractivity contribution in [2.24, 2.45) is 0 Å². The number of ether oxygens (including phenoxy) is 1. The molecule has 1 aliphatic rings. The number of rotatable bonds is 6. The molecule has 1 saturated carbocycles. The van der Waals surface area contributed by atoms with E-state index in [9.17, 15) is 10.1 Å². The molecule has 1 aromatic carbocycles. The van der Waals surface area contributed by atoms with E-state index in [0.717, 1.165) is 31.4 Å². The topological polar surface area (TPSA) is 110 Å². The summed E-state index contributed by atoms with van der Waals surface area (Å²) < 4.78 is 5.41. The van der Waals surface area contributed by atoms with Gasteiger partial charge in [-0.25, -0.2) is 4.79 Å². The number of amides is 1. The molecule has 0 spiro atoms. The van der Waals surface area contributed by atoms with E-state index in [2.05, 4.69) is 34.6 Å². The Balaban J connectivity index is 2.14. The van der Waals surface area contributed by atoms with E-state index >= 15 is 0 Å². The number of nitrogens with one attached hydrogen (secondary N) is 4. The van der Waals surface area contributed by atoms with Crippen molar-refractivity contribution in [1.29, 1.82) is 10.7 Å². The van der Waals surface area contributed by atoms with Gasteiger partial charge in [-0.05, 0) is 64.8 Å². The summed E-state index contributed by atoms with van der Waals surface area (Å²) in [6.07, 6.45) is 5.10. The molecule has 162 valence electrons. The number of carbonyl (C=O) groups is 1. The Hall–Kier alpha value is -2.66. The van der Waals surface area contributed by atoms with Gasteiger partial charge in [0.25, 0.3) is 0 Å². The minimum atomic E-state index is -0.539. The summed E-state index contributed by atoms with van der Waals surface area (Å²) >= 11 is 4.34. The second-order valence-corrected chi connectivity index (χ2v) is 8.98. The van der Waals surface area contributed by atoms with Crippen LogP contribution in [0.15, 0.2) is 29.3 Å². The number of hydrogen-bond acceptors (Lipinski definition) is 7. The molecule has 1 fully saturated rings. The Morgan fingerprint density at radius 1 is 1.30 bits per heavy atom. The second kappa shape index (κ2) is 10.4. The molecule has 0 saturated heterocycles. The van der Waals surface area contributed by atoms with Crippen LogP contribution in [0, 0.1) is 16.7 Å². The molecule has 0 radical (unpaired) electrons. The van der Waals surface area contributed by atoms with Crippen LogP contribution < -0.4 is 16.0 Å². The summed E-state index contributed by atoms with van der Waals surface area (Å²) in [5.41, 5.74) is 1.75. The highest BCUT2D eigenvalue weighted by Crippen LogP contribution is 2.27. The van der Waals surface area contributed by atoms with E-state index in [1.165, 1.54) is 0 Å². The summed E-state index contributed by atoms with van der Waals surface area (Å²) in [4.78, 5) is 12.2. The van der Waals surface area contributed by atoms with Crippen LogP contribution in [-0.4, -0.2) is 29.5 Å². The lowest BCUT2D eigenvalue weighted by molar-refractivity contribution is 0.0488. The molecule has 0 bridgehead atoms. The van der Waals surface area contributed by atoms with E-state index in [-0.39, 0.29) is 12.1 Å². The van der Waals surface area contributed by atoms with E-state index < -0.39 is 11.7 Å². The van der Waals surface area contributed by atoms with Crippen molar-refractivity contribution < 1.29 is 9.53 Å². The number of alkyl carbamates (subject to hydrolysis) is 1. The fourth-order valence-corrected chi connectivity index (χ4v) is 3.68.